The van der Waals surface area contributed by atoms with Gasteiger partial charge in [-0.1, -0.05) is 6.92 Å². The molecule has 0 aliphatic carbocycles. The van der Waals surface area contributed by atoms with Crippen molar-refractivity contribution in [2.24, 2.45) is 0 Å². The van der Waals surface area contributed by atoms with Crippen LogP contribution in [0.1, 0.15) is 30.1 Å². The number of nitrogens with two attached hydrogens (primary N) is 1. The van der Waals surface area contributed by atoms with Crippen LogP contribution in [0, 0.1) is 0 Å². The Morgan fingerprint density at radius 1 is 1.53 bits per heavy atom. The Hall–Kier alpha value is -1.84. The molecule has 1 amide bonds. The van der Waals surface area contributed by atoms with Gasteiger partial charge in [0.1, 0.15) is 0 Å². The Kier molecular flexibility index (Phi) is 3.85. The van der Waals surface area contributed by atoms with Crippen molar-refractivity contribution >= 4 is 23.6 Å². The van der Waals surface area contributed by atoms with Crippen molar-refractivity contribution in [2.75, 3.05) is 11.1 Å². The Balaban J connectivity index is 2.75. The maximum atomic E-state index is 11.3. The molecule has 0 bridgehead atoms. The fraction of sp³-hybridized carbons (Fsp3) is 0.273. The fourth-order valence-electron chi connectivity index (χ4n) is 1.21. The lowest BCUT2D eigenvalue weighted by molar-refractivity contribution is -0.116. The zero-order chi connectivity index (χ0) is 11.3. The number of aldehydes is 1. The van der Waals surface area contributed by atoms with Crippen molar-refractivity contribution in [2.45, 2.75) is 19.8 Å². The van der Waals surface area contributed by atoms with Crippen LogP contribution in [-0.2, 0) is 4.79 Å². The SMILES string of the molecule is CCCC(=O)Nc1ccc(C=O)c(N)c1. The van der Waals surface area contributed by atoms with Crippen LogP contribution in [0.5, 0.6) is 0 Å². The minimum absolute atomic E-state index is 0.0456. The first kappa shape index (κ1) is 11.2. The van der Waals surface area contributed by atoms with E-state index in [1.807, 2.05) is 6.92 Å². The highest BCUT2D eigenvalue weighted by molar-refractivity contribution is 5.92. The molecule has 1 aromatic rings. The van der Waals surface area contributed by atoms with Crippen LogP contribution in [0.2, 0.25) is 0 Å². The summed E-state index contributed by atoms with van der Waals surface area (Å²) in [4.78, 5) is 21.8. The number of carbonyl (C=O) groups is 2. The summed E-state index contributed by atoms with van der Waals surface area (Å²) in [6.45, 7) is 1.93. The van der Waals surface area contributed by atoms with Crippen LogP contribution >= 0.6 is 0 Å². The van der Waals surface area contributed by atoms with Crippen molar-refractivity contribution < 1.29 is 9.59 Å². The van der Waals surface area contributed by atoms with Gasteiger partial charge in [0, 0.05) is 23.4 Å². The monoisotopic (exact) mass is 206 g/mol. The average molecular weight is 206 g/mol. The molecule has 0 aliphatic rings. The molecule has 0 fully saturated rings. The predicted molar refractivity (Wildman–Crippen MR) is 59.8 cm³/mol. The van der Waals surface area contributed by atoms with Crippen LogP contribution in [0.15, 0.2) is 18.2 Å². The van der Waals surface area contributed by atoms with Gasteiger partial charge < -0.3 is 11.1 Å². The molecule has 1 aromatic carbocycles. The largest absolute Gasteiger partial charge is 0.398 e. The summed E-state index contributed by atoms with van der Waals surface area (Å²) in [6, 6.07) is 4.83. The number of hydrogen-bond acceptors (Lipinski definition) is 3. The summed E-state index contributed by atoms with van der Waals surface area (Å²) in [5, 5.41) is 2.70. The van der Waals surface area contributed by atoms with Gasteiger partial charge in [0.25, 0.3) is 0 Å². The molecule has 0 saturated carbocycles. The van der Waals surface area contributed by atoms with Crippen LogP contribution in [0.4, 0.5) is 11.4 Å². The molecular weight excluding hydrogens is 192 g/mol. The number of rotatable bonds is 4. The van der Waals surface area contributed by atoms with Gasteiger partial charge in [-0.3, -0.25) is 9.59 Å². The lowest BCUT2D eigenvalue weighted by Gasteiger charge is -2.06. The summed E-state index contributed by atoms with van der Waals surface area (Å²) >= 11 is 0. The zero-order valence-corrected chi connectivity index (χ0v) is 8.62. The number of carbonyl (C=O) groups excluding carboxylic acids is 2. The maximum Gasteiger partial charge on any atom is 0.224 e. The molecule has 4 nitrogen and oxygen atoms in total. The second kappa shape index (κ2) is 5.14. The second-order valence-electron chi connectivity index (χ2n) is 3.26. The van der Waals surface area contributed by atoms with Gasteiger partial charge in [-0.05, 0) is 24.6 Å². The first-order valence-corrected chi connectivity index (χ1v) is 4.82. The van der Waals surface area contributed by atoms with Gasteiger partial charge in [-0.2, -0.15) is 0 Å². The Morgan fingerprint density at radius 3 is 2.80 bits per heavy atom. The van der Waals surface area contributed by atoms with Gasteiger partial charge in [-0.25, -0.2) is 0 Å². The van der Waals surface area contributed by atoms with E-state index in [-0.39, 0.29) is 5.91 Å². The highest BCUT2D eigenvalue weighted by atomic mass is 16.1. The van der Waals surface area contributed by atoms with E-state index in [9.17, 15) is 9.59 Å². The van der Waals surface area contributed by atoms with Crippen molar-refractivity contribution in [3.8, 4) is 0 Å². The fourth-order valence-corrected chi connectivity index (χ4v) is 1.21. The lowest BCUT2D eigenvalue weighted by Crippen LogP contribution is -2.10. The predicted octanol–water partition coefficient (Wildman–Crippen LogP) is 1.82. The van der Waals surface area contributed by atoms with E-state index in [0.29, 0.717) is 29.6 Å². The lowest BCUT2D eigenvalue weighted by atomic mass is 10.2. The first-order valence-electron chi connectivity index (χ1n) is 4.82. The maximum absolute atomic E-state index is 11.3. The standard InChI is InChI=1S/C11H14N2O2/c1-2-3-11(15)13-9-5-4-8(7-14)10(12)6-9/h4-7H,2-3,12H2,1H3,(H,13,15). The van der Waals surface area contributed by atoms with Gasteiger partial charge >= 0.3 is 0 Å². The van der Waals surface area contributed by atoms with Crippen molar-refractivity contribution in [3.05, 3.63) is 23.8 Å². The Bertz CT molecular complexity index is 375. The molecule has 0 unspecified atom stereocenters. The number of benzene rings is 1. The van der Waals surface area contributed by atoms with Crippen LogP contribution in [0.3, 0.4) is 0 Å². The molecule has 3 N–H and O–H groups in total. The minimum Gasteiger partial charge on any atom is -0.398 e. The Labute approximate surface area is 88.5 Å². The van der Waals surface area contributed by atoms with E-state index in [4.69, 9.17) is 5.73 Å². The first-order chi connectivity index (χ1) is 7.17. The number of amides is 1. The second-order valence-corrected chi connectivity index (χ2v) is 3.26. The number of nitrogens with one attached hydrogen (secondary N) is 1. The van der Waals surface area contributed by atoms with Crippen LogP contribution in [0.25, 0.3) is 0 Å². The molecule has 15 heavy (non-hydrogen) atoms. The molecule has 1 rings (SSSR count). The van der Waals surface area contributed by atoms with Gasteiger partial charge in [-0.15, -0.1) is 0 Å². The molecule has 0 aliphatic heterocycles. The summed E-state index contributed by atoms with van der Waals surface area (Å²) in [5.41, 5.74) is 7.03. The third-order valence-electron chi connectivity index (χ3n) is 1.97. The van der Waals surface area contributed by atoms with Crippen molar-refractivity contribution in [1.82, 2.24) is 0 Å². The third-order valence-corrected chi connectivity index (χ3v) is 1.97. The van der Waals surface area contributed by atoms with E-state index < -0.39 is 0 Å². The zero-order valence-electron chi connectivity index (χ0n) is 8.62. The van der Waals surface area contributed by atoms with Gasteiger partial charge in [0.05, 0.1) is 0 Å². The summed E-state index contributed by atoms with van der Waals surface area (Å²) in [7, 11) is 0. The highest BCUT2D eigenvalue weighted by Crippen LogP contribution is 2.16. The molecule has 4 heteroatoms. The summed E-state index contributed by atoms with van der Waals surface area (Å²) in [6.07, 6.45) is 1.97. The van der Waals surface area contributed by atoms with E-state index in [1.165, 1.54) is 0 Å². The molecule has 0 atom stereocenters. The van der Waals surface area contributed by atoms with Gasteiger partial charge in [0.15, 0.2) is 6.29 Å². The van der Waals surface area contributed by atoms with E-state index >= 15 is 0 Å². The molecule has 0 radical (unpaired) electrons. The topological polar surface area (TPSA) is 72.2 Å². The number of nitrogen functional groups attached to an aromatic ring is 1. The Morgan fingerprint density at radius 2 is 2.27 bits per heavy atom. The third kappa shape index (κ3) is 3.09. The van der Waals surface area contributed by atoms with Crippen molar-refractivity contribution in [3.63, 3.8) is 0 Å². The van der Waals surface area contributed by atoms with Crippen LogP contribution < -0.4 is 11.1 Å². The molecule has 0 aromatic heterocycles. The quantitative estimate of drug-likeness (QED) is 0.583. The van der Waals surface area contributed by atoms with E-state index in [2.05, 4.69) is 5.32 Å². The van der Waals surface area contributed by atoms with E-state index in [0.717, 1.165) is 6.42 Å². The molecule has 80 valence electrons. The van der Waals surface area contributed by atoms with Gasteiger partial charge in [0.2, 0.25) is 5.91 Å². The normalized spacial score (nSPS) is 9.67. The number of hydrogen-bond donors (Lipinski definition) is 2. The molecule has 0 heterocycles. The summed E-state index contributed by atoms with van der Waals surface area (Å²) in [5.74, 6) is -0.0456. The van der Waals surface area contributed by atoms with E-state index in [1.54, 1.807) is 18.2 Å². The molecule has 0 saturated heterocycles. The summed E-state index contributed by atoms with van der Waals surface area (Å²) < 4.78 is 0. The average Bonchev–Trinajstić information content (AvgIpc) is 2.18. The number of anilines is 2. The minimum atomic E-state index is -0.0456. The molecular formula is C11H14N2O2. The highest BCUT2D eigenvalue weighted by Gasteiger charge is 2.03. The van der Waals surface area contributed by atoms with Crippen molar-refractivity contribution in [1.29, 1.82) is 0 Å². The van der Waals surface area contributed by atoms with Crippen LogP contribution in [-0.4, -0.2) is 12.2 Å². The molecule has 0 spiro atoms. The smallest absolute Gasteiger partial charge is 0.224 e.